The summed E-state index contributed by atoms with van der Waals surface area (Å²) in [5, 5.41) is 3.33. The number of rotatable bonds is 4. The van der Waals surface area contributed by atoms with E-state index in [1.54, 1.807) is 7.11 Å². The number of hydrogen-bond donors (Lipinski definition) is 2. The summed E-state index contributed by atoms with van der Waals surface area (Å²) in [4.78, 5) is 0. The number of benzene rings is 2. The molecule has 2 aromatic carbocycles. The summed E-state index contributed by atoms with van der Waals surface area (Å²) in [7, 11) is 1.67. The molecule has 3 nitrogen and oxygen atoms in total. The van der Waals surface area contributed by atoms with Gasteiger partial charge in [-0.3, -0.25) is 0 Å². The van der Waals surface area contributed by atoms with Crippen LogP contribution in [-0.2, 0) is 6.54 Å². The highest BCUT2D eigenvalue weighted by atomic mass is 16.5. The Morgan fingerprint density at radius 1 is 1.12 bits per heavy atom. The third-order valence-corrected chi connectivity index (χ3v) is 2.54. The number of hydrogen-bond acceptors (Lipinski definition) is 3. The summed E-state index contributed by atoms with van der Waals surface area (Å²) >= 11 is 0. The molecule has 2 rings (SSSR count). The molecule has 0 saturated carbocycles. The van der Waals surface area contributed by atoms with Crippen LogP contribution in [0.5, 0.6) is 5.75 Å². The van der Waals surface area contributed by atoms with Crippen LogP contribution in [0.15, 0.2) is 48.5 Å². The number of nitrogens with one attached hydrogen (secondary N) is 1. The van der Waals surface area contributed by atoms with E-state index in [4.69, 9.17) is 10.5 Å². The lowest BCUT2D eigenvalue weighted by Crippen LogP contribution is -1.99. The van der Waals surface area contributed by atoms with E-state index in [0.717, 1.165) is 23.7 Å². The van der Waals surface area contributed by atoms with Gasteiger partial charge >= 0.3 is 0 Å². The van der Waals surface area contributed by atoms with Crippen LogP contribution in [0.2, 0.25) is 0 Å². The lowest BCUT2D eigenvalue weighted by Gasteiger charge is -2.08. The zero-order valence-electron chi connectivity index (χ0n) is 9.81. The van der Waals surface area contributed by atoms with Crippen LogP contribution in [0.25, 0.3) is 0 Å². The molecule has 3 N–H and O–H groups in total. The Bertz CT molecular complexity index is 480. The van der Waals surface area contributed by atoms with E-state index < -0.39 is 0 Å². The Hall–Kier alpha value is -2.16. The van der Waals surface area contributed by atoms with Crippen molar-refractivity contribution in [3.8, 4) is 5.75 Å². The summed E-state index contributed by atoms with van der Waals surface area (Å²) in [6.07, 6.45) is 0. The molecule has 0 amide bonds. The van der Waals surface area contributed by atoms with E-state index in [-0.39, 0.29) is 0 Å². The van der Waals surface area contributed by atoms with E-state index in [1.807, 2.05) is 42.5 Å². The fourth-order valence-electron chi connectivity index (χ4n) is 1.59. The van der Waals surface area contributed by atoms with E-state index in [9.17, 15) is 0 Å². The molecule has 0 saturated heterocycles. The van der Waals surface area contributed by atoms with Gasteiger partial charge in [0, 0.05) is 17.9 Å². The molecule has 0 heterocycles. The Balaban J connectivity index is 1.99. The van der Waals surface area contributed by atoms with Crippen LogP contribution in [0.3, 0.4) is 0 Å². The number of ether oxygens (including phenoxy) is 1. The molecule has 0 radical (unpaired) electrons. The number of nitrogens with two attached hydrogens (primary N) is 1. The maximum absolute atomic E-state index is 5.63. The van der Waals surface area contributed by atoms with Gasteiger partial charge in [0.2, 0.25) is 0 Å². The first-order valence-electron chi connectivity index (χ1n) is 5.50. The molecule has 0 bridgehead atoms. The number of nitrogen functional groups attached to an aromatic ring is 1. The second-order valence-electron chi connectivity index (χ2n) is 3.83. The van der Waals surface area contributed by atoms with Crippen LogP contribution in [0.1, 0.15) is 5.56 Å². The molecule has 0 unspecified atom stereocenters. The van der Waals surface area contributed by atoms with Crippen molar-refractivity contribution >= 4 is 11.4 Å². The van der Waals surface area contributed by atoms with Gasteiger partial charge in [-0.1, -0.05) is 12.1 Å². The van der Waals surface area contributed by atoms with Crippen molar-refractivity contribution in [2.24, 2.45) is 0 Å². The zero-order valence-corrected chi connectivity index (χ0v) is 9.81. The molecular weight excluding hydrogens is 212 g/mol. The quantitative estimate of drug-likeness (QED) is 0.791. The van der Waals surface area contributed by atoms with Gasteiger partial charge in [0.15, 0.2) is 0 Å². The van der Waals surface area contributed by atoms with E-state index >= 15 is 0 Å². The lowest BCUT2D eigenvalue weighted by molar-refractivity contribution is 0.414. The van der Waals surface area contributed by atoms with Gasteiger partial charge in [0.05, 0.1) is 7.11 Å². The standard InChI is InChI=1S/C14H16N2O/c1-17-14-4-2-3-11(9-14)10-16-13-7-5-12(15)6-8-13/h2-9,16H,10,15H2,1H3. The second kappa shape index (κ2) is 5.25. The molecule has 3 heteroatoms. The molecule has 0 spiro atoms. The number of anilines is 2. The van der Waals surface area contributed by atoms with Gasteiger partial charge in [-0.25, -0.2) is 0 Å². The minimum atomic E-state index is 0.765. The van der Waals surface area contributed by atoms with E-state index in [0.29, 0.717) is 0 Å². The summed E-state index contributed by atoms with van der Waals surface area (Å²) in [5.74, 6) is 0.876. The van der Waals surface area contributed by atoms with Crippen molar-refractivity contribution in [3.63, 3.8) is 0 Å². The van der Waals surface area contributed by atoms with Gasteiger partial charge in [0.1, 0.15) is 5.75 Å². The van der Waals surface area contributed by atoms with Crippen LogP contribution < -0.4 is 15.8 Å². The Morgan fingerprint density at radius 2 is 1.88 bits per heavy atom. The van der Waals surface area contributed by atoms with Crippen molar-refractivity contribution in [2.75, 3.05) is 18.2 Å². The molecule has 88 valence electrons. The van der Waals surface area contributed by atoms with Gasteiger partial charge in [-0.2, -0.15) is 0 Å². The molecule has 0 atom stereocenters. The van der Waals surface area contributed by atoms with Crippen LogP contribution >= 0.6 is 0 Å². The normalized spacial score (nSPS) is 9.94. The average molecular weight is 228 g/mol. The van der Waals surface area contributed by atoms with E-state index in [1.165, 1.54) is 5.56 Å². The fourth-order valence-corrected chi connectivity index (χ4v) is 1.59. The molecule has 0 aliphatic rings. The first kappa shape index (κ1) is 11.3. The predicted molar refractivity (Wildman–Crippen MR) is 71.2 cm³/mol. The maximum Gasteiger partial charge on any atom is 0.119 e. The van der Waals surface area contributed by atoms with Crippen molar-refractivity contribution < 1.29 is 4.74 Å². The predicted octanol–water partition coefficient (Wildman–Crippen LogP) is 2.89. The smallest absolute Gasteiger partial charge is 0.119 e. The van der Waals surface area contributed by atoms with E-state index in [2.05, 4.69) is 11.4 Å². The van der Waals surface area contributed by atoms with Gasteiger partial charge in [-0.15, -0.1) is 0 Å². The fraction of sp³-hybridized carbons (Fsp3) is 0.143. The zero-order chi connectivity index (χ0) is 12.1. The molecule has 0 aliphatic carbocycles. The highest BCUT2D eigenvalue weighted by molar-refractivity contribution is 5.51. The van der Waals surface area contributed by atoms with Crippen molar-refractivity contribution in [3.05, 3.63) is 54.1 Å². The molecule has 0 aliphatic heterocycles. The largest absolute Gasteiger partial charge is 0.497 e. The third kappa shape index (κ3) is 3.14. The highest BCUT2D eigenvalue weighted by Crippen LogP contribution is 2.15. The molecule has 2 aromatic rings. The lowest BCUT2D eigenvalue weighted by atomic mass is 10.2. The Kier molecular flexibility index (Phi) is 3.50. The average Bonchev–Trinajstić information content (AvgIpc) is 2.38. The minimum Gasteiger partial charge on any atom is -0.497 e. The molecular formula is C14H16N2O. The van der Waals surface area contributed by atoms with Gasteiger partial charge < -0.3 is 15.8 Å². The van der Waals surface area contributed by atoms with Crippen LogP contribution in [0.4, 0.5) is 11.4 Å². The van der Waals surface area contributed by atoms with Crippen molar-refractivity contribution in [1.82, 2.24) is 0 Å². The van der Waals surface area contributed by atoms with Gasteiger partial charge in [0.25, 0.3) is 0 Å². The SMILES string of the molecule is COc1cccc(CNc2ccc(N)cc2)c1. The number of methoxy groups -OCH3 is 1. The molecule has 0 fully saturated rings. The van der Waals surface area contributed by atoms with Gasteiger partial charge in [-0.05, 0) is 42.0 Å². The monoisotopic (exact) mass is 228 g/mol. The second-order valence-corrected chi connectivity index (χ2v) is 3.83. The van der Waals surface area contributed by atoms with Crippen LogP contribution in [-0.4, -0.2) is 7.11 Å². The Morgan fingerprint density at radius 3 is 2.59 bits per heavy atom. The third-order valence-electron chi connectivity index (χ3n) is 2.54. The Labute approximate surface area is 101 Å². The summed E-state index contributed by atoms with van der Waals surface area (Å²) in [6, 6.07) is 15.7. The molecule has 0 aromatic heterocycles. The first-order valence-corrected chi connectivity index (χ1v) is 5.50. The first-order chi connectivity index (χ1) is 8.28. The minimum absolute atomic E-state index is 0.765. The summed E-state index contributed by atoms with van der Waals surface area (Å²) in [5.41, 5.74) is 8.64. The van der Waals surface area contributed by atoms with Crippen molar-refractivity contribution in [1.29, 1.82) is 0 Å². The molecule has 17 heavy (non-hydrogen) atoms. The topological polar surface area (TPSA) is 47.3 Å². The summed E-state index contributed by atoms with van der Waals surface area (Å²) < 4.78 is 5.18. The van der Waals surface area contributed by atoms with Crippen LogP contribution in [0, 0.1) is 0 Å². The highest BCUT2D eigenvalue weighted by Gasteiger charge is 1.96. The van der Waals surface area contributed by atoms with Crippen molar-refractivity contribution in [2.45, 2.75) is 6.54 Å². The summed E-state index contributed by atoms with van der Waals surface area (Å²) in [6.45, 7) is 0.765. The maximum atomic E-state index is 5.63.